The fourth-order valence-corrected chi connectivity index (χ4v) is 3.27. The van der Waals surface area contributed by atoms with Crippen LogP contribution in [0, 0.1) is 19.8 Å². The average molecular weight is 345 g/mol. The number of carbonyl (C=O) groups is 1. The summed E-state index contributed by atoms with van der Waals surface area (Å²) in [5, 5.41) is 3.01. The molecule has 0 spiro atoms. The number of nitrogens with zero attached hydrogens (tertiary/aromatic N) is 2. The monoisotopic (exact) mass is 345 g/mol. The summed E-state index contributed by atoms with van der Waals surface area (Å²) in [6.07, 6.45) is 5.76. The van der Waals surface area contributed by atoms with Crippen molar-refractivity contribution >= 4 is 5.91 Å². The molecule has 0 saturated heterocycles. The number of imidazole rings is 1. The minimum absolute atomic E-state index is 0.0622. The van der Waals surface area contributed by atoms with E-state index in [2.05, 4.69) is 54.5 Å². The van der Waals surface area contributed by atoms with Crippen LogP contribution in [-0.2, 0) is 0 Å². The van der Waals surface area contributed by atoms with Gasteiger partial charge in [0, 0.05) is 12.2 Å². The summed E-state index contributed by atoms with van der Waals surface area (Å²) >= 11 is 0. The lowest BCUT2D eigenvalue weighted by Gasteiger charge is -2.10. The summed E-state index contributed by atoms with van der Waals surface area (Å²) in [4.78, 5) is 16.6. The lowest BCUT2D eigenvalue weighted by Crippen LogP contribution is -2.27. The molecule has 3 aromatic rings. The molecule has 2 aromatic carbocycles. The van der Waals surface area contributed by atoms with E-state index >= 15 is 0 Å². The molecule has 1 amide bonds. The second-order valence-electron chi connectivity index (χ2n) is 7.23. The molecule has 1 aliphatic rings. The number of benzene rings is 2. The van der Waals surface area contributed by atoms with E-state index in [0.29, 0.717) is 11.6 Å². The number of aromatic nitrogens is 2. The van der Waals surface area contributed by atoms with Gasteiger partial charge in [0.1, 0.15) is 5.69 Å². The Morgan fingerprint density at radius 3 is 2.42 bits per heavy atom. The van der Waals surface area contributed by atoms with Crippen LogP contribution in [0.1, 0.15) is 34.5 Å². The highest BCUT2D eigenvalue weighted by Gasteiger charge is 2.22. The Morgan fingerprint density at radius 1 is 1.08 bits per heavy atom. The van der Waals surface area contributed by atoms with Gasteiger partial charge in [-0.2, -0.15) is 0 Å². The zero-order valence-electron chi connectivity index (χ0n) is 15.2. The third-order valence-corrected chi connectivity index (χ3v) is 4.82. The highest BCUT2D eigenvalue weighted by Crippen LogP contribution is 2.28. The molecule has 0 radical (unpaired) electrons. The second-order valence-corrected chi connectivity index (χ2v) is 7.23. The van der Waals surface area contributed by atoms with Gasteiger partial charge in [0.25, 0.3) is 5.91 Å². The predicted octanol–water partition coefficient (Wildman–Crippen LogP) is 4.30. The first-order chi connectivity index (χ1) is 12.6. The van der Waals surface area contributed by atoms with Gasteiger partial charge in [-0.15, -0.1) is 0 Å². The zero-order chi connectivity index (χ0) is 18.1. The number of aryl methyl sites for hydroxylation is 2. The molecule has 4 rings (SSSR count). The van der Waals surface area contributed by atoms with Crippen LogP contribution in [0.4, 0.5) is 0 Å². The zero-order valence-corrected chi connectivity index (χ0v) is 15.2. The van der Waals surface area contributed by atoms with Crippen molar-refractivity contribution in [2.45, 2.75) is 26.7 Å². The molecule has 1 heterocycles. The molecule has 1 aromatic heterocycles. The molecule has 4 heteroatoms. The summed E-state index contributed by atoms with van der Waals surface area (Å²) in [6, 6.07) is 14.8. The maximum Gasteiger partial charge on any atom is 0.269 e. The molecule has 1 N–H and O–H groups in total. The fourth-order valence-electron chi connectivity index (χ4n) is 3.27. The van der Waals surface area contributed by atoms with Crippen LogP contribution in [0.15, 0.2) is 55.0 Å². The van der Waals surface area contributed by atoms with Crippen LogP contribution < -0.4 is 5.32 Å². The van der Waals surface area contributed by atoms with Gasteiger partial charge in [-0.1, -0.05) is 41.5 Å². The molecule has 1 aliphatic carbocycles. The van der Waals surface area contributed by atoms with E-state index in [1.54, 1.807) is 12.5 Å². The van der Waals surface area contributed by atoms with Crippen LogP contribution >= 0.6 is 0 Å². The number of nitrogens with one attached hydrogen (secondary N) is 1. The minimum atomic E-state index is -0.0622. The van der Waals surface area contributed by atoms with Crippen LogP contribution in [0.3, 0.4) is 0 Å². The van der Waals surface area contributed by atoms with E-state index in [9.17, 15) is 4.79 Å². The fraction of sp³-hybridized carbons (Fsp3) is 0.273. The van der Waals surface area contributed by atoms with Gasteiger partial charge in [0.15, 0.2) is 0 Å². The van der Waals surface area contributed by atoms with Gasteiger partial charge in [0.2, 0.25) is 0 Å². The maximum atomic E-state index is 12.4. The van der Waals surface area contributed by atoms with Crippen molar-refractivity contribution < 1.29 is 4.79 Å². The van der Waals surface area contributed by atoms with Crippen molar-refractivity contribution in [3.8, 4) is 16.8 Å². The van der Waals surface area contributed by atoms with Crippen molar-refractivity contribution in [2.75, 3.05) is 6.54 Å². The van der Waals surface area contributed by atoms with E-state index in [-0.39, 0.29) is 5.91 Å². The largest absolute Gasteiger partial charge is 0.350 e. The van der Waals surface area contributed by atoms with Crippen molar-refractivity contribution in [1.82, 2.24) is 14.9 Å². The summed E-state index contributed by atoms with van der Waals surface area (Å²) in [7, 11) is 0. The first kappa shape index (κ1) is 16.6. The molecule has 0 bridgehead atoms. The highest BCUT2D eigenvalue weighted by molar-refractivity contribution is 5.93. The maximum absolute atomic E-state index is 12.4. The Bertz CT molecular complexity index is 916. The van der Waals surface area contributed by atoms with Gasteiger partial charge in [-0.05, 0) is 55.9 Å². The highest BCUT2D eigenvalue weighted by atomic mass is 16.1. The number of carbonyl (C=O) groups excluding carboxylic acids is 1. The summed E-state index contributed by atoms with van der Waals surface area (Å²) in [5.41, 5.74) is 6.40. The molecular formula is C22H23N3O. The van der Waals surface area contributed by atoms with Gasteiger partial charge in [-0.25, -0.2) is 4.98 Å². The smallest absolute Gasteiger partial charge is 0.269 e. The first-order valence-electron chi connectivity index (χ1n) is 9.10. The van der Waals surface area contributed by atoms with Crippen molar-refractivity contribution in [2.24, 2.45) is 5.92 Å². The quantitative estimate of drug-likeness (QED) is 0.749. The molecule has 0 unspecified atom stereocenters. The Hall–Kier alpha value is -2.88. The second kappa shape index (κ2) is 6.79. The number of rotatable bonds is 5. The van der Waals surface area contributed by atoms with E-state index in [4.69, 9.17) is 0 Å². The Balaban J connectivity index is 1.57. The molecule has 1 fully saturated rings. The summed E-state index contributed by atoms with van der Waals surface area (Å²) < 4.78 is 1.84. The predicted molar refractivity (Wildman–Crippen MR) is 104 cm³/mol. The van der Waals surface area contributed by atoms with E-state index in [1.807, 2.05) is 16.7 Å². The Morgan fingerprint density at radius 2 is 1.77 bits per heavy atom. The number of amides is 1. The Labute approximate surface area is 153 Å². The third-order valence-electron chi connectivity index (χ3n) is 4.82. The van der Waals surface area contributed by atoms with Gasteiger partial charge in [-0.3, -0.25) is 9.36 Å². The molecule has 1 saturated carbocycles. The topological polar surface area (TPSA) is 46.9 Å². The van der Waals surface area contributed by atoms with Crippen LogP contribution in [-0.4, -0.2) is 22.0 Å². The summed E-state index contributed by atoms with van der Waals surface area (Å²) in [6.45, 7) is 4.99. The normalized spacial score (nSPS) is 13.6. The van der Waals surface area contributed by atoms with E-state index in [1.165, 1.54) is 35.1 Å². The van der Waals surface area contributed by atoms with Crippen molar-refractivity contribution in [3.63, 3.8) is 0 Å². The lowest BCUT2D eigenvalue weighted by molar-refractivity contribution is 0.0945. The van der Waals surface area contributed by atoms with E-state index < -0.39 is 0 Å². The third kappa shape index (κ3) is 3.54. The average Bonchev–Trinajstić information content (AvgIpc) is 3.33. The van der Waals surface area contributed by atoms with Gasteiger partial charge in [0.05, 0.1) is 12.5 Å². The lowest BCUT2D eigenvalue weighted by atomic mass is 10.0. The molecular weight excluding hydrogens is 322 g/mol. The standard InChI is InChI=1S/C22H23N3O/c1-15-9-16(2)11-19(10-15)18-5-7-20(8-6-18)25-14-23-13-21(25)22(26)24-12-17-3-4-17/h5-11,13-14,17H,3-4,12H2,1-2H3,(H,24,26). The van der Waals surface area contributed by atoms with Crippen LogP contribution in [0.2, 0.25) is 0 Å². The molecule has 0 atom stereocenters. The van der Waals surface area contributed by atoms with Gasteiger partial charge < -0.3 is 5.32 Å². The Kier molecular flexibility index (Phi) is 4.33. The van der Waals surface area contributed by atoms with Crippen molar-refractivity contribution in [3.05, 3.63) is 71.8 Å². The summed E-state index contributed by atoms with van der Waals surface area (Å²) in [5.74, 6) is 0.597. The number of hydrogen-bond donors (Lipinski definition) is 1. The molecule has 132 valence electrons. The molecule has 26 heavy (non-hydrogen) atoms. The van der Waals surface area contributed by atoms with Crippen molar-refractivity contribution in [1.29, 1.82) is 0 Å². The van der Waals surface area contributed by atoms with Gasteiger partial charge >= 0.3 is 0 Å². The van der Waals surface area contributed by atoms with Crippen LogP contribution in [0.5, 0.6) is 0 Å². The SMILES string of the molecule is Cc1cc(C)cc(-c2ccc(-n3cncc3C(=O)NCC3CC3)cc2)c1. The minimum Gasteiger partial charge on any atom is -0.350 e. The van der Waals surface area contributed by atoms with Crippen LogP contribution in [0.25, 0.3) is 16.8 Å². The van der Waals surface area contributed by atoms with E-state index in [0.717, 1.165) is 12.2 Å². The number of hydrogen-bond acceptors (Lipinski definition) is 2. The molecule has 4 nitrogen and oxygen atoms in total. The first-order valence-corrected chi connectivity index (χ1v) is 9.10. The molecule has 0 aliphatic heterocycles.